The van der Waals surface area contributed by atoms with E-state index >= 15 is 0 Å². The number of hydrogen-bond donors (Lipinski definition) is 1. The first-order valence-electron chi connectivity index (χ1n) is 11.0. The average Bonchev–Trinajstić information content (AvgIpc) is 3.34. The Labute approximate surface area is 180 Å². The van der Waals surface area contributed by atoms with Crippen LogP contribution in [0.1, 0.15) is 59.5 Å². The molecule has 4 aliphatic rings. The third-order valence-electron chi connectivity index (χ3n) is 6.88. The molecule has 6 rings (SSSR count). The molecule has 0 bridgehead atoms. The van der Waals surface area contributed by atoms with Crippen molar-refractivity contribution in [1.29, 1.82) is 0 Å². The third kappa shape index (κ3) is 2.66. The predicted octanol–water partition coefficient (Wildman–Crippen LogP) is 4.11. The number of anilines is 1. The Morgan fingerprint density at radius 3 is 2.32 bits per heavy atom. The summed E-state index contributed by atoms with van der Waals surface area (Å²) in [6, 6.07) is 15.5. The second-order valence-corrected chi connectivity index (χ2v) is 8.63. The molecular weight excluding hydrogens is 388 g/mol. The summed E-state index contributed by atoms with van der Waals surface area (Å²) < 4.78 is 0. The number of hydrogen-bond acceptors (Lipinski definition) is 4. The molecule has 1 fully saturated rings. The second kappa shape index (κ2) is 6.77. The molecule has 1 saturated heterocycles. The Morgan fingerprint density at radius 1 is 0.806 bits per heavy atom. The topological polar surface area (TPSA) is 66.5 Å². The van der Waals surface area contributed by atoms with Gasteiger partial charge in [-0.1, -0.05) is 36.4 Å². The minimum Gasteiger partial charge on any atom is -0.358 e. The predicted molar refractivity (Wildman–Crippen MR) is 117 cm³/mol. The quantitative estimate of drug-likeness (QED) is 0.809. The Bertz CT molecular complexity index is 1220. The molecule has 5 heteroatoms. The van der Waals surface area contributed by atoms with Crippen LogP contribution in [-0.2, 0) is 9.59 Å². The lowest BCUT2D eigenvalue weighted by Gasteiger charge is -2.33. The van der Waals surface area contributed by atoms with Crippen LogP contribution in [0.4, 0.5) is 5.69 Å². The van der Waals surface area contributed by atoms with E-state index in [2.05, 4.69) is 5.32 Å². The highest BCUT2D eigenvalue weighted by Gasteiger charge is 2.43. The Morgan fingerprint density at radius 2 is 1.58 bits per heavy atom. The zero-order chi connectivity index (χ0) is 21.1. The smallest absolute Gasteiger partial charge is 0.227 e. The molecule has 2 aliphatic carbocycles. The van der Waals surface area contributed by atoms with Crippen LogP contribution in [-0.4, -0.2) is 24.0 Å². The Balaban J connectivity index is 1.48. The van der Waals surface area contributed by atoms with Gasteiger partial charge in [0, 0.05) is 59.0 Å². The molecule has 5 nitrogen and oxygen atoms in total. The van der Waals surface area contributed by atoms with Crippen molar-refractivity contribution in [1.82, 2.24) is 5.32 Å². The van der Waals surface area contributed by atoms with Crippen molar-refractivity contribution >= 4 is 28.9 Å². The summed E-state index contributed by atoms with van der Waals surface area (Å²) >= 11 is 0. The molecule has 0 aromatic heterocycles. The average molecular weight is 410 g/mol. The minimum atomic E-state index is -0.373. The van der Waals surface area contributed by atoms with E-state index in [1.54, 1.807) is 0 Å². The van der Waals surface area contributed by atoms with E-state index in [4.69, 9.17) is 0 Å². The van der Waals surface area contributed by atoms with Crippen LogP contribution < -0.4 is 10.2 Å². The minimum absolute atomic E-state index is 0.00757. The second-order valence-electron chi connectivity index (χ2n) is 8.63. The number of nitrogens with zero attached hydrogens (tertiary/aromatic N) is 1. The van der Waals surface area contributed by atoms with Crippen molar-refractivity contribution < 1.29 is 14.4 Å². The molecule has 1 amide bonds. The van der Waals surface area contributed by atoms with Crippen molar-refractivity contribution in [2.24, 2.45) is 0 Å². The lowest BCUT2D eigenvalue weighted by molar-refractivity contribution is -0.117. The number of allylic oxidation sites excluding steroid dienone is 3. The number of amides is 1. The van der Waals surface area contributed by atoms with Crippen molar-refractivity contribution in [2.75, 3.05) is 11.4 Å². The number of nitrogens with one attached hydrogen (secondary N) is 1. The summed E-state index contributed by atoms with van der Waals surface area (Å²) in [6.07, 6.45) is 3.62. The number of benzene rings is 2. The van der Waals surface area contributed by atoms with E-state index in [1.807, 2.05) is 53.4 Å². The Kier molecular flexibility index (Phi) is 4.00. The number of ketones is 2. The summed E-state index contributed by atoms with van der Waals surface area (Å²) in [5, 5.41) is 3.46. The fourth-order valence-corrected chi connectivity index (χ4v) is 5.44. The maximum atomic E-state index is 13.4. The molecule has 2 aliphatic heterocycles. The van der Waals surface area contributed by atoms with E-state index < -0.39 is 0 Å². The maximum absolute atomic E-state index is 13.4. The van der Waals surface area contributed by atoms with Gasteiger partial charge in [-0.15, -0.1) is 0 Å². The van der Waals surface area contributed by atoms with Gasteiger partial charge in [0.15, 0.2) is 11.6 Å². The molecule has 154 valence electrons. The van der Waals surface area contributed by atoms with Crippen LogP contribution >= 0.6 is 0 Å². The number of dihydropyridines is 1. The van der Waals surface area contributed by atoms with Gasteiger partial charge in [-0.3, -0.25) is 14.4 Å². The van der Waals surface area contributed by atoms with E-state index in [-0.39, 0.29) is 23.4 Å². The zero-order valence-corrected chi connectivity index (χ0v) is 17.1. The van der Waals surface area contributed by atoms with E-state index in [1.165, 1.54) is 0 Å². The van der Waals surface area contributed by atoms with Gasteiger partial charge < -0.3 is 10.2 Å². The van der Waals surface area contributed by atoms with Gasteiger partial charge in [-0.2, -0.15) is 0 Å². The molecule has 31 heavy (non-hydrogen) atoms. The van der Waals surface area contributed by atoms with Crippen LogP contribution in [0.15, 0.2) is 65.4 Å². The highest BCUT2D eigenvalue weighted by Crippen LogP contribution is 2.48. The van der Waals surface area contributed by atoms with Crippen molar-refractivity contribution in [3.05, 3.63) is 82.1 Å². The largest absolute Gasteiger partial charge is 0.358 e. The molecular formula is C26H22N2O3. The third-order valence-corrected chi connectivity index (χ3v) is 6.88. The number of Topliss-reactive ketones (excluding diaryl/α,β-unsaturated/α-hetero) is 2. The maximum Gasteiger partial charge on any atom is 0.227 e. The van der Waals surface area contributed by atoms with Gasteiger partial charge >= 0.3 is 0 Å². The number of rotatable bonds is 2. The molecule has 2 heterocycles. The molecule has 1 unspecified atom stereocenters. The van der Waals surface area contributed by atoms with Gasteiger partial charge in [-0.25, -0.2) is 0 Å². The first kappa shape index (κ1) is 18.3. The van der Waals surface area contributed by atoms with Crippen LogP contribution in [0.25, 0.3) is 5.70 Å². The number of carbonyl (C=O) groups excluding carboxylic acids is 3. The van der Waals surface area contributed by atoms with Gasteiger partial charge in [-0.05, 0) is 37.0 Å². The molecule has 2 aromatic rings. The van der Waals surface area contributed by atoms with Crippen LogP contribution in [0, 0.1) is 0 Å². The molecule has 0 saturated carbocycles. The lowest BCUT2D eigenvalue weighted by Crippen LogP contribution is -2.31. The first-order valence-corrected chi connectivity index (χ1v) is 11.0. The zero-order valence-electron chi connectivity index (χ0n) is 17.1. The monoisotopic (exact) mass is 410 g/mol. The van der Waals surface area contributed by atoms with Crippen molar-refractivity contribution in [2.45, 2.75) is 38.0 Å². The van der Waals surface area contributed by atoms with Gasteiger partial charge in [0.05, 0.1) is 5.70 Å². The highest BCUT2D eigenvalue weighted by molar-refractivity contribution is 6.23. The highest BCUT2D eigenvalue weighted by atomic mass is 16.2. The molecule has 2 aromatic carbocycles. The molecule has 0 spiro atoms. The molecule has 0 radical (unpaired) electrons. The summed E-state index contributed by atoms with van der Waals surface area (Å²) in [5.41, 5.74) is 6.60. The SMILES string of the molecule is O=C1CCCC2=C1C(c1ccc(N3CCCC3=O)cc1)C1=C(N2)c2ccccc2C1=O. The van der Waals surface area contributed by atoms with Gasteiger partial charge in [0.2, 0.25) is 5.91 Å². The van der Waals surface area contributed by atoms with Crippen LogP contribution in [0.5, 0.6) is 0 Å². The van der Waals surface area contributed by atoms with Crippen LogP contribution in [0.2, 0.25) is 0 Å². The standard InChI is InChI=1S/C26H22N2O3/c29-20-8-3-7-19-23(20)22(15-10-12-16(13-11-15)28-14-4-9-21(28)30)24-25(27-19)17-5-1-2-6-18(17)26(24)31/h1-2,5-6,10-13,22,27H,3-4,7-9,14H2. The van der Waals surface area contributed by atoms with E-state index in [0.29, 0.717) is 24.0 Å². The summed E-state index contributed by atoms with van der Waals surface area (Å²) in [5.74, 6) is -0.115. The fraction of sp³-hybridized carbons (Fsp3) is 0.269. The molecule has 1 N–H and O–H groups in total. The first-order chi connectivity index (χ1) is 15.1. The van der Waals surface area contributed by atoms with Crippen molar-refractivity contribution in [3.63, 3.8) is 0 Å². The normalized spacial score (nSPS) is 22.5. The van der Waals surface area contributed by atoms with E-state index in [9.17, 15) is 14.4 Å². The van der Waals surface area contributed by atoms with Gasteiger partial charge in [0.1, 0.15) is 0 Å². The summed E-state index contributed by atoms with van der Waals surface area (Å²) in [4.78, 5) is 40.4. The van der Waals surface area contributed by atoms with Gasteiger partial charge in [0.25, 0.3) is 0 Å². The summed E-state index contributed by atoms with van der Waals surface area (Å²) in [7, 11) is 0. The number of carbonyl (C=O) groups is 3. The van der Waals surface area contributed by atoms with E-state index in [0.717, 1.165) is 59.6 Å². The number of fused-ring (bicyclic) bond motifs is 2. The molecule has 1 atom stereocenters. The lowest BCUT2D eigenvalue weighted by atomic mass is 9.75. The van der Waals surface area contributed by atoms with Crippen LogP contribution in [0.3, 0.4) is 0 Å². The van der Waals surface area contributed by atoms with Crippen molar-refractivity contribution in [3.8, 4) is 0 Å². The Hall–Kier alpha value is -3.47. The fourth-order valence-electron chi connectivity index (χ4n) is 5.44. The summed E-state index contributed by atoms with van der Waals surface area (Å²) in [6.45, 7) is 0.739.